The number of rotatable bonds is 3. The highest BCUT2D eigenvalue weighted by Gasteiger charge is 2.01. The first-order chi connectivity index (χ1) is 7.35. The van der Waals surface area contributed by atoms with E-state index in [1.165, 1.54) is 5.56 Å². The molecule has 0 saturated carbocycles. The minimum atomic E-state index is -0.0112. The van der Waals surface area contributed by atoms with Gasteiger partial charge < -0.3 is 10.4 Å². The fourth-order valence-corrected chi connectivity index (χ4v) is 1.73. The van der Waals surface area contributed by atoms with Crippen LogP contribution in [0.15, 0.2) is 30.5 Å². The summed E-state index contributed by atoms with van der Waals surface area (Å²) in [5, 5.41) is 14.4. The molecule has 0 unspecified atom stereocenters. The molecule has 0 aliphatic heterocycles. The van der Waals surface area contributed by atoms with Crippen molar-refractivity contribution in [2.75, 3.05) is 7.05 Å². The largest absolute Gasteiger partial charge is 0.390 e. The summed E-state index contributed by atoms with van der Waals surface area (Å²) in [6.45, 7) is 0.843. The van der Waals surface area contributed by atoms with Crippen molar-refractivity contribution >= 4 is 10.8 Å². The average Bonchev–Trinajstić information content (AvgIpc) is 2.28. The molecule has 2 N–H and O–H groups in total. The lowest BCUT2D eigenvalue weighted by Gasteiger charge is -2.05. The molecule has 15 heavy (non-hydrogen) atoms. The van der Waals surface area contributed by atoms with E-state index in [1.54, 1.807) is 6.20 Å². The van der Waals surface area contributed by atoms with Crippen molar-refractivity contribution in [2.24, 2.45) is 0 Å². The van der Waals surface area contributed by atoms with E-state index in [0.717, 1.165) is 23.0 Å². The zero-order valence-electron chi connectivity index (χ0n) is 8.70. The average molecular weight is 202 g/mol. The van der Waals surface area contributed by atoms with Gasteiger partial charge in [0.2, 0.25) is 0 Å². The van der Waals surface area contributed by atoms with Crippen molar-refractivity contribution in [3.05, 3.63) is 41.7 Å². The van der Waals surface area contributed by atoms with Gasteiger partial charge >= 0.3 is 0 Å². The minimum Gasteiger partial charge on any atom is -0.390 e. The summed E-state index contributed by atoms with van der Waals surface area (Å²) in [6, 6.07) is 8.15. The van der Waals surface area contributed by atoms with E-state index >= 15 is 0 Å². The van der Waals surface area contributed by atoms with Crippen LogP contribution < -0.4 is 5.32 Å². The van der Waals surface area contributed by atoms with Gasteiger partial charge in [0.1, 0.15) is 0 Å². The van der Waals surface area contributed by atoms with Crippen molar-refractivity contribution in [3.8, 4) is 0 Å². The van der Waals surface area contributed by atoms with Crippen LogP contribution in [-0.2, 0) is 13.2 Å². The molecule has 0 saturated heterocycles. The molecule has 0 atom stereocenters. The Hall–Kier alpha value is -1.45. The Morgan fingerprint density at radius 1 is 1.33 bits per heavy atom. The summed E-state index contributed by atoms with van der Waals surface area (Å²) in [7, 11) is 1.93. The van der Waals surface area contributed by atoms with Crippen molar-refractivity contribution in [1.82, 2.24) is 10.3 Å². The van der Waals surface area contributed by atoms with Gasteiger partial charge in [-0.15, -0.1) is 0 Å². The SMILES string of the molecule is CNCc1ccc2c(CO)nccc2c1. The van der Waals surface area contributed by atoms with Gasteiger partial charge in [-0.2, -0.15) is 0 Å². The molecule has 3 nitrogen and oxygen atoms in total. The van der Waals surface area contributed by atoms with Crippen LogP contribution in [0.3, 0.4) is 0 Å². The lowest BCUT2D eigenvalue weighted by Crippen LogP contribution is -2.04. The highest BCUT2D eigenvalue weighted by atomic mass is 16.3. The Bertz CT molecular complexity index is 468. The first kappa shape index (κ1) is 10.1. The first-order valence-electron chi connectivity index (χ1n) is 4.97. The zero-order chi connectivity index (χ0) is 10.7. The predicted octanol–water partition coefficient (Wildman–Crippen LogP) is 1.45. The fraction of sp³-hybridized carbons (Fsp3) is 0.250. The van der Waals surface area contributed by atoms with Crippen LogP contribution in [0.25, 0.3) is 10.8 Å². The molecule has 1 aromatic heterocycles. The Labute approximate surface area is 88.8 Å². The van der Waals surface area contributed by atoms with Gasteiger partial charge in [-0.25, -0.2) is 0 Å². The summed E-state index contributed by atoms with van der Waals surface area (Å²) in [5.41, 5.74) is 1.98. The van der Waals surface area contributed by atoms with Crippen molar-refractivity contribution in [2.45, 2.75) is 13.2 Å². The summed E-state index contributed by atoms with van der Waals surface area (Å²) in [5.74, 6) is 0. The number of fused-ring (bicyclic) bond motifs is 1. The molecule has 0 radical (unpaired) electrons. The number of benzene rings is 1. The van der Waals surface area contributed by atoms with Crippen molar-refractivity contribution in [3.63, 3.8) is 0 Å². The van der Waals surface area contributed by atoms with E-state index < -0.39 is 0 Å². The molecule has 2 rings (SSSR count). The summed E-state index contributed by atoms with van der Waals surface area (Å²) >= 11 is 0. The van der Waals surface area contributed by atoms with Crippen LogP contribution in [-0.4, -0.2) is 17.1 Å². The molecule has 0 bridgehead atoms. The summed E-state index contributed by atoms with van der Waals surface area (Å²) < 4.78 is 0. The van der Waals surface area contributed by atoms with E-state index in [9.17, 15) is 0 Å². The van der Waals surface area contributed by atoms with Crippen molar-refractivity contribution < 1.29 is 5.11 Å². The van der Waals surface area contributed by atoms with E-state index in [0.29, 0.717) is 0 Å². The second-order valence-electron chi connectivity index (χ2n) is 3.50. The summed E-state index contributed by atoms with van der Waals surface area (Å²) in [6.07, 6.45) is 1.73. The van der Waals surface area contributed by atoms with Gasteiger partial charge in [0.25, 0.3) is 0 Å². The monoisotopic (exact) mass is 202 g/mol. The molecule has 0 aliphatic rings. The Morgan fingerprint density at radius 3 is 2.93 bits per heavy atom. The van der Waals surface area contributed by atoms with Crippen LogP contribution in [0.2, 0.25) is 0 Å². The topological polar surface area (TPSA) is 45.1 Å². The number of hydrogen-bond acceptors (Lipinski definition) is 3. The lowest BCUT2D eigenvalue weighted by atomic mass is 10.1. The highest BCUT2D eigenvalue weighted by molar-refractivity contribution is 5.84. The number of aliphatic hydroxyl groups excluding tert-OH is 1. The maximum Gasteiger partial charge on any atom is 0.0859 e. The molecule has 78 valence electrons. The molecular formula is C12H14N2O. The molecule has 0 fully saturated rings. The second kappa shape index (κ2) is 4.38. The molecule has 0 spiro atoms. The molecule has 2 aromatic rings. The Morgan fingerprint density at radius 2 is 2.20 bits per heavy atom. The third-order valence-electron chi connectivity index (χ3n) is 2.44. The van der Waals surface area contributed by atoms with Crippen LogP contribution >= 0.6 is 0 Å². The van der Waals surface area contributed by atoms with Gasteiger partial charge in [0.05, 0.1) is 12.3 Å². The number of hydrogen-bond donors (Lipinski definition) is 2. The third kappa shape index (κ3) is 1.98. The van der Waals surface area contributed by atoms with Crippen LogP contribution in [0.4, 0.5) is 0 Å². The predicted molar refractivity (Wildman–Crippen MR) is 60.4 cm³/mol. The molecule has 1 aromatic carbocycles. The van der Waals surface area contributed by atoms with E-state index in [1.807, 2.05) is 19.2 Å². The lowest BCUT2D eigenvalue weighted by molar-refractivity contribution is 0.278. The van der Waals surface area contributed by atoms with Crippen LogP contribution in [0, 0.1) is 0 Å². The van der Waals surface area contributed by atoms with E-state index in [4.69, 9.17) is 5.11 Å². The maximum atomic E-state index is 9.13. The molecule has 3 heteroatoms. The van der Waals surface area contributed by atoms with Gasteiger partial charge in [-0.1, -0.05) is 12.1 Å². The zero-order valence-corrected chi connectivity index (χ0v) is 8.70. The minimum absolute atomic E-state index is 0.0112. The quantitative estimate of drug-likeness (QED) is 0.791. The van der Waals surface area contributed by atoms with E-state index in [2.05, 4.69) is 22.4 Å². The standard InChI is InChI=1S/C12H14N2O/c1-13-7-9-2-3-11-10(6-9)4-5-14-12(11)8-15/h2-6,13,15H,7-8H2,1H3. The fourth-order valence-electron chi connectivity index (χ4n) is 1.73. The van der Waals surface area contributed by atoms with Crippen molar-refractivity contribution in [1.29, 1.82) is 0 Å². The number of aromatic nitrogens is 1. The van der Waals surface area contributed by atoms with E-state index in [-0.39, 0.29) is 6.61 Å². The Balaban J connectivity index is 2.53. The first-order valence-corrected chi connectivity index (χ1v) is 4.97. The number of nitrogens with one attached hydrogen (secondary N) is 1. The number of aliphatic hydroxyl groups is 1. The maximum absolute atomic E-state index is 9.13. The molecule has 1 heterocycles. The van der Waals surface area contributed by atoms with Gasteiger partial charge in [0, 0.05) is 18.1 Å². The summed E-state index contributed by atoms with van der Waals surface area (Å²) in [4.78, 5) is 4.14. The second-order valence-corrected chi connectivity index (χ2v) is 3.50. The smallest absolute Gasteiger partial charge is 0.0859 e. The van der Waals surface area contributed by atoms with Crippen LogP contribution in [0.1, 0.15) is 11.3 Å². The van der Waals surface area contributed by atoms with Gasteiger partial charge in [0.15, 0.2) is 0 Å². The van der Waals surface area contributed by atoms with Crippen LogP contribution in [0.5, 0.6) is 0 Å². The molecule has 0 aliphatic carbocycles. The van der Waals surface area contributed by atoms with Gasteiger partial charge in [-0.3, -0.25) is 4.98 Å². The number of nitrogens with zero attached hydrogens (tertiary/aromatic N) is 1. The normalized spacial score (nSPS) is 10.8. The number of pyridine rings is 1. The molecule has 0 amide bonds. The molecular weight excluding hydrogens is 188 g/mol. The Kier molecular flexibility index (Phi) is 2.94. The highest BCUT2D eigenvalue weighted by Crippen LogP contribution is 2.18. The van der Waals surface area contributed by atoms with Gasteiger partial charge in [-0.05, 0) is 30.1 Å². The third-order valence-corrected chi connectivity index (χ3v) is 2.44.